The van der Waals surface area contributed by atoms with Crippen LogP contribution in [0.5, 0.6) is 5.75 Å². The van der Waals surface area contributed by atoms with Gasteiger partial charge in [0.15, 0.2) is 5.60 Å². The Morgan fingerprint density at radius 3 is 2.59 bits per heavy atom. The molecule has 0 radical (unpaired) electrons. The molecule has 0 unspecified atom stereocenters. The third kappa shape index (κ3) is 2.19. The third-order valence-corrected chi connectivity index (χ3v) is 2.77. The highest BCUT2D eigenvalue weighted by molar-refractivity contribution is 5.90. The number of carbonyl (C=O) groups excluding carboxylic acids is 1. The summed E-state index contributed by atoms with van der Waals surface area (Å²) in [4.78, 5) is 13.2. The quantitative estimate of drug-likeness (QED) is 0.863. The van der Waals surface area contributed by atoms with Crippen molar-refractivity contribution in [1.29, 1.82) is 0 Å². The number of anilines is 1. The van der Waals surface area contributed by atoms with Gasteiger partial charge >= 0.3 is 6.09 Å². The molecule has 5 heteroatoms. The molecule has 1 aliphatic rings. The molecular weight excluding hydrogens is 222 g/mol. The number of amides is 1. The first-order valence-corrected chi connectivity index (χ1v) is 5.33. The molecule has 0 spiro atoms. The molecule has 1 saturated heterocycles. The summed E-state index contributed by atoms with van der Waals surface area (Å²) in [5.74, 6) is 0.728. The van der Waals surface area contributed by atoms with Crippen molar-refractivity contribution in [3.63, 3.8) is 0 Å². The van der Waals surface area contributed by atoms with Crippen LogP contribution in [-0.2, 0) is 4.74 Å². The molecule has 0 saturated carbocycles. The van der Waals surface area contributed by atoms with Gasteiger partial charge in [0.2, 0.25) is 0 Å². The third-order valence-electron chi connectivity index (χ3n) is 2.77. The molecule has 17 heavy (non-hydrogen) atoms. The van der Waals surface area contributed by atoms with Crippen molar-refractivity contribution in [2.75, 3.05) is 25.2 Å². The van der Waals surface area contributed by atoms with E-state index in [1.165, 1.54) is 4.90 Å². The molecule has 5 nitrogen and oxygen atoms in total. The van der Waals surface area contributed by atoms with E-state index >= 15 is 0 Å². The second-order valence-electron chi connectivity index (χ2n) is 4.26. The number of hydrogen-bond acceptors (Lipinski definition) is 4. The van der Waals surface area contributed by atoms with Gasteiger partial charge in [0.1, 0.15) is 5.75 Å². The molecule has 1 aliphatic heterocycles. The lowest BCUT2D eigenvalue weighted by Crippen LogP contribution is -2.34. The molecule has 1 aromatic rings. The fourth-order valence-electron chi connectivity index (χ4n) is 1.74. The van der Waals surface area contributed by atoms with Crippen LogP contribution in [0.2, 0.25) is 0 Å². The summed E-state index contributed by atoms with van der Waals surface area (Å²) in [5, 5.41) is 9.17. The predicted octanol–water partition coefficient (Wildman–Crippen LogP) is 1.40. The minimum absolute atomic E-state index is 0.189. The number of carbonyl (C=O) groups is 1. The van der Waals surface area contributed by atoms with Crippen molar-refractivity contribution in [2.24, 2.45) is 0 Å². The van der Waals surface area contributed by atoms with Gasteiger partial charge in [-0.1, -0.05) is 0 Å². The Bertz CT molecular complexity index is 417. The zero-order valence-corrected chi connectivity index (χ0v) is 9.84. The first-order valence-electron chi connectivity index (χ1n) is 5.33. The molecule has 1 N–H and O–H groups in total. The maximum absolute atomic E-state index is 11.7. The Kier molecular flexibility index (Phi) is 2.93. The van der Waals surface area contributed by atoms with Gasteiger partial charge in [0.25, 0.3) is 0 Å². The number of cyclic esters (lactones) is 1. The predicted molar refractivity (Wildman–Crippen MR) is 62.3 cm³/mol. The molecule has 0 aromatic heterocycles. The van der Waals surface area contributed by atoms with E-state index in [4.69, 9.17) is 14.6 Å². The summed E-state index contributed by atoms with van der Waals surface area (Å²) < 4.78 is 10.2. The van der Waals surface area contributed by atoms with Gasteiger partial charge in [-0.05, 0) is 31.2 Å². The number of methoxy groups -OCH3 is 1. The van der Waals surface area contributed by atoms with Crippen LogP contribution in [0, 0.1) is 0 Å². The largest absolute Gasteiger partial charge is 0.497 e. The Morgan fingerprint density at radius 2 is 2.12 bits per heavy atom. The van der Waals surface area contributed by atoms with Gasteiger partial charge < -0.3 is 14.6 Å². The van der Waals surface area contributed by atoms with E-state index in [2.05, 4.69) is 0 Å². The Morgan fingerprint density at radius 1 is 1.47 bits per heavy atom. The zero-order valence-electron chi connectivity index (χ0n) is 9.84. The summed E-state index contributed by atoms with van der Waals surface area (Å²) in [6.45, 7) is 1.86. The van der Waals surface area contributed by atoms with Crippen LogP contribution in [0.3, 0.4) is 0 Å². The number of ether oxygens (including phenoxy) is 2. The summed E-state index contributed by atoms with van der Waals surface area (Å²) in [7, 11) is 1.59. The normalized spacial score (nSPS) is 23.7. The van der Waals surface area contributed by atoms with Crippen molar-refractivity contribution in [1.82, 2.24) is 0 Å². The molecule has 1 fully saturated rings. The van der Waals surface area contributed by atoms with Gasteiger partial charge in [-0.25, -0.2) is 4.79 Å². The van der Waals surface area contributed by atoms with Crippen molar-refractivity contribution in [2.45, 2.75) is 12.5 Å². The zero-order chi connectivity index (χ0) is 12.5. The van der Waals surface area contributed by atoms with Crippen LogP contribution in [0.4, 0.5) is 10.5 Å². The van der Waals surface area contributed by atoms with Gasteiger partial charge in [-0.15, -0.1) is 0 Å². The maximum Gasteiger partial charge on any atom is 0.415 e. The number of nitrogens with zero attached hydrogens (tertiary/aromatic N) is 1. The first kappa shape index (κ1) is 11.7. The Labute approximate surface area is 99.6 Å². The van der Waals surface area contributed by atoms with Crippen molar-refractivity contribution >= 4 is 11.8 Å². The average Bonchev–Trinajstić information content (AvgIpc) is 2.66. The number of benzene rings is 1. The second kappa shape index (κ2) is 4.25. The fourth-order valence-corrected chi connectivity index (χ4v) is 1.74. The molecule has 1 aromatic carbocycles. The van der Waals surface area contributed by atoms with Gasteiger partial charge in [-0.2, -0.15) is 0 Å². The molecule has 1 amide bonds. The molecule has 0 aliphatic carbocycles. The number of hydrogen-bond donors (Lipinski definition) is 1. The number of rotatable bonds is 3. The highest BCUT2D eigenvalue weighted by atomic mass is 16.6. The lowest BCUT2D eigenvalue weighted by Gasteiger charge is -2.18. The number of aliphatic hydroxyl groups excluding tert-OH is 1. The molecule has 1 atom stereocenters. The van der Waals surface area contributed by atoms with E-state index in [1.807, 2.05) is 0 Å². The van der Waals surface area contributed by atoms with Crippen LogP contribution < -0.4 is 9.64 Å². The summed E-state index contributed by atoms with van der Waals surface area (Å²) in [6, 6.07) is 7.11. The minimum atomic E-state index is -0.822. The van der Waals surface area contributed by atoms with E-state index in [-0.39, 0.29) is 6.61 Å². The molecular formula is C12H15NO4. The number of aliphatic hydroxyl groups is 1. The summed E-state index contributed by atoms with van der Waals surface area (Å²) in [6.07, 6.45) is -0.438. The molecule has 2 rings (SSSR count). The van der Waals surface area contributed by atoms with E-state index in [0.29, 0.717) is 6.54 Å². The van der Waals surface area contributed by atoms with Gasteiger partial charge in [0, 0.05) is 5.69 Å². The van der Waals surface area contributed by atoms with E-state index < -0.39 is 11.7 Å². The fraction of sp³-hybridized carbons (Fsp3) is 0.417. The Hall–Kier alpha value is -1.75. The topological polar surface area (TPSA) is 59.0 Å². The van der Waals surface area contributed by atoms with Crippen molar-refractivity contribution < 1.29 is 19.4 Å². The van der Waals surface area contributed by atoms with Crippen molar-refractivity contribution in [3.8, 4) is 5.75 Å². The van der Waals surface area contributed by atoms with Crippen LogP contribution in [0.15, 0.2) is 24.3 Å². The highest BCUT2D eigenvalue weighted by Crippen LogP contribution is 2.28. The smallest absolute Gasteiger partial charge is 0.415 e. The SMILES string of the molecule is COc1ccc(N2C[C@@](C)(CO)OC2=O)cc1. The van der Waals surface area contributed by atoms with E-state index in [0.717, 1.165) is 11.4 Å². The lowest BCUT2D eigenvalue weighted by atomic mass is 10.1. The van der Waals surface area contributed by atoms with Crippen LogP contribution in [0.1, 0.15) is 6.92 Å². The van der Waals surface area contributed by atoms with E-state index in [9.17, 15) is 4.79 Å². The average molecular weight is 237 g/mol. The first-order chi connectivity index (χ1) is 8.08. The molecule has 0 bridgehead atoms. The lowest BCUT2D eigenvalue weighted by molar-refractivity contribution is 0.0219. The molecule has 1 heterocycles. The highest BCUT2D eigenvalue weighted by Gasteiger charge is 2.41. The van der Waals surface area contributed by atoms with Crippen LogP contribution in [0.25, 0.3) is 0 Å². The molecule has 92 valence electrons. The van der Waals surface area contributed by atoms with Crippen LogP contribution >= 0.6 is 0 Å². The van der Waals surface area contributed by atoms with Gasteiger partial charge in [0.05, 0.1) is 20.3 Å². The van der Waals surface area contributed by atoms with E-state index in [1.54, 1.807) is 38.3 Å². The Balaban J connectivity index is 2.20. The summed E-state index contributed by atoms with van der Waals surface area (Å²) in [5.41, 5.74) is -0.0928. The van der Waals surface area contributed by atoms with Crippen LogP contribution in [-0.4, -0.2) is 37.1 Å². The minimum Gasteiger partial charge on any atom is -0.497 e. The van der Waals surface area contributed by atoms with Gasteiger partial charge in [-0.3, -0.25) is 4.90 Å². The summed E-state index contributed by atoms with van der Waals surface area (Å²) >= 11 is 0. The standard InChI is InChI=1S/C12H15NO4/c1-12(8-14)7-13(11(15)17-12)9-3-5-10(16-2)6-4-9/h3-6,14H,7-8H2,1-2H3/t12-/m0/s1. The van der Waals surface area contributed by atoms with Crippen molar-refractivity contribution in [3.05, 3.63) is 24.3 Å². The monoisotopic (exact) mass is 237 g/mol. The second-order valence-corrected chi connectivity index (χ2v) is 4.26. The maximum atomic E-state index is 11.7.